The minimum absolute atomic E-state index is 0.0150. The summed E-state index contributed by atoms with van der Waals surface area (Å²) in [5, 5.41) is 2.07. The third-order valence-corrected chi connectivity index (χ3v) is 9.43. The van der Waals surface area contributed by atoms with Gasteiger partial charge in [-0.05, 0) is 59.7 Å². The smallest absolute Gasteiger partial charge is 0.282 e. The molecule has 0 aromatic heterocycles. The number of hydrogen-bond acceptors (Lipinski definition) is 2. The predicted octanol–water partition coefficient (Wildman–Crippen LogP) is 11.8. The van der Waals surface area contributed by atoms with Crippen LogP contribution >= 0.6 is 0 Å². The Bertz CT molecular complexity index is 1030. The van der Waals surface area contributed by atoms with Crippen molar-refractivity contribution in [3.63, 3.8) is 0 Å². The van der Waals surface area contributed by atoms with Crippen LogP contribution in [-0.4, -0.2) is 13.0 Å². The van der Waals surface area contributed by atoms with Crippen LogP contribution in [0.25, 0.3) is 10.8 Å². The van der Waals surface area contributed by atoms with E-state index in [2.05, 4.69) is 19.9 Å². The van der Waals surface area contributed by atoms with Crippen molar-refractivity contribution in [2.45, 2.75) is 173 Å². The molecule has 2 aromatic rings. The number of fused-ring (bicyclic) bond motifs is 1. The van der Waals surface area contributed by atoms with E-state index in [1.165, 1.54) is 152 Å². The van der Waals surface area contributed by atoms with Gasteiger partial charge in [-0.1, -0.05) is 160 Å². The molecule has 0 aliphatic carbocycles. The highest BCUT2D eigenvalue weighted by molar-refractivity contribution is 7.85. The Morgan fingerprint density at radius 2 is 0.950 bits per heavy atom. The van der Waals surface area contributed by atoms with Crippen molar-refractivity contribution in [2.75, 3.05) is 0 Å². The van der Waals surface area contributed by atoms with Crippen molar-refractivity contribution in [1.29, 1.82) is 0 Å². The third-order valence-electron chi connectivity index (χ3n) is 8.58. The summed E-state index contributed by atoms with van der Waals surface area (Å²) in [5.74, 6) is 0. The zero-order chi connectivity index (χ0) is 28.9. The van der Waals surface area contributed by atoms with Gasteiger partial charge >= 0.3 is 0 Å². The predicted molar refractivity (Wildman–Crippen MR) is 174 cm³/mol. The van der Waals surface area contributed by atoms with Crippen molar-refractivity contribution in [3.8, 4) is 0 Å². The summed E-state index contributed by atoms with van der Waals surface area (Å²) >= 11 is 0. The fourth-order valence-electron chi connectivity index (χ4n) is 6.05. The number of hydrogen-bond donors (Lipinski definition) is 1. The molecule has 0 heterocycles. The van der Waals surface area contributed by atoms with Crippen LogP contribution in [0.15, 0.2) is 35.2 Å². The summed E-state index contributed by atoms with van der Waals surface area (Å²) in [7, 11) is -4.19. The second kappa shape index (κ2) is 21.3. The maximum Gasteiger partial charge on any atom is 0.294 e. The molecule has 0 saturated heterocycles. The van der Waals surface area contributed by atoms with E-state index in [1.807, 2.05) is 12.1 Å². The Balaban J connectivity index is 1.83. The molecule has 2 rings (SSSR count). The van der Waals surface area contributed by atoms with Crippen molar-refractivity contribution in [2.24, 2.45) is 0 Å². The summed E-state index contributed by atoms with van der Waals surface area (Å²) in [6.07, 6.45) is 31.7. The maximum atomic E-state index is 11.7. The molecule has 228 valence electrons. The normalized spacial score (nSPS) is 12.0. The number of aryl methyl sites for hydroxylation is 2. The molecule has 0 unspecified atom stereocenters. The molecule has 0 spiro atoms. The first-order valence-electron chi connectivity index (χ1n) is 17.0. The molecule has 0 amide bonds. The number of unbranched alkanes of at least 4 members (excludes halogenated alkanes) is 20. The lowest BCUT2D eigenvalue weighted by molar-refractivity contribution is 0.483. The van der Waals surface area contributed by atoms with E-state index in [9.17, 15) is 13.0 Å². The molecule has 3 nitrogen and oxygen atoms in total. The zero-order valence-corrected chi connectivity index (χ0v) is 26.8. The van der Waals surface area contributed by atoms with E-state index in [0.717, 1.165) is 23.6 Å². The summed E-state index contributed by atoms with van der Waals surface area (Å²) in [5.41, 5.74) is 2.82. The molecule has 0 fully saturated rings. The average molecular weight is 573 g/mol. The summed E-state index contributed by atoms with van der Waals surface area (Å²) in [4.78, 5) is -0.0150. The van der Waals surface area contributed by atoms with E-state index in [4.69, 9.17) is 0 Å². The lowest BCUT2D eigenvalue weighted by atomic mass is 9.91. The highest BCUT2D eigenvalue weighted by atomic mass is 32.2. The van der Waals surface area contributed by atoms with E-state index in [1.54, 1.807) is 12.1 Å². The van der Waals surface area contributed by atoms with Gasteiger partial charge in [0.15, 0.2) is 0 Å². The largest absolute Gasteiger partial charge is 0.294 e. The van der Waals surface area contributed by atoms with Gasteiger partial charge in [0.2, 0.25) is 0 Å². The van der Waals surface area contributed by atoms with Gasteiger partial charge in [-0.15, -0.1) is 0 Å². The van der Waals surface area contributed by atoms with Crippen LogP contribution < -0.4 is 0 Å². The molecule has 0 radical (unpaired) electrons. The minimum atomic E-state index is -4.19. The third kappa shape index (κ3) is 14.5. The fraction of sp³-hybridized carbons (Fsp3) is 0.722. The molecule has 0 atom stereocenters. The summed E-state index contributed by atoms with van der Waals surface area (Å²) in [6, 6.07) is 9.35. The molecular weight excluding hydrogens is 512 g/mol. The second-order valence-electron chi connectivity index (χ2n) is 12.1. The van der Waals surface area contributed by atoms with Gasteiger partial charge in [-0.25, -0.2) is 0 Å². The highest BCUT2D eigenvalue weighted by Gasteiger charge is 2.13. The quantitative estimate of drug-likeness (QED) is 0.0950. The maximum absolute atomic E-state index is 11.7. The van der Waals surface area contributed by atoms with Gasteiger partial charge < -0.3 is 0 Å². The zero-order valence-electron chi connectivity index (χ0n) is 26.0. The fourth-order valence-corrected chi connectivity index (χ4v) is 6.57. The Morgan fingerprint density at radius 1 is 0.525 bits per heavy atom. The first-order chi connectivity index (χ1) is 19.5. The number of rotatable bonds is 25. The lowest BCUT2D eigenvalue weighted by Crippen LogP contribution is -2.00. The standard InChI is InChI=1S/C36H60O3S/c1-3-5-7-9-11-13-15-17-19-21-23-25-32-27-28-33-31-34(40(37,38)39)29-30-36(33)35(32)26-24-22-20-18-16-14-12-10-8-6-4-2/h27-31H,3-26H2,1-2H3,(H,37,38,39). The van der Waals surface area contributed by atoms with Crippen molar-refractivity contribution in [3.05, 3.63) is 41.5 Å². The Morgan fingerprint density at radius 3 is 1.40 bits per heavy atom. The lowest BCUT2D eigenvalue weighted by Gasteiger charge is -2.14. The van der Waals surface area contributed by atoms with Crippen molar-refractivity contribution in [1.82, 2.24) is 0 Å². The van der Waals surface area contributed by atoms with Crippen molar-refractivity contribution < 1.29 is 13.0 Å². The molecular formula is C36H60O3S. The van der Waals surface area contributed by atoms with Crippen LogP contribution in [0.5, 0.6) is 0 Å². The Kier molecular flexibility index (Phi) is 18.6. The van der Waals surface area contributed by atoms with E-state index < -0.39 is 10.1 Å². The minimum Gasteiger partial charge on any atom is -0.282 e. The molecule has 4 heteroatoms. The van der Waals surface area contributed by atoms with Crippen LogP contribution in [0.4, 0.5) is 0 Å². The Labute approximate surface area is 247 Å². The topological polar surface area (TPSA) is 54.4 Å². The van der Waals surface area contributed by atoms with Crippen LogP contribution in [0.1, 0.15) is 166 Å². The van der Waals surface area contributed by atoms with E-state index in [0.29, 0.717) is 0 Å². The van der Waals surface area contributed by atoms with Crippen LogP contribution in [-0.2, 0) is 23.0 Å². The van der Waals surface area contributed by atoms with Crippen LogP contribution in [0.2, 0.25) is 0 Å². The van der Waals surface area contributed by atoms with E-state index >= 15 is 0 Å². The van der Waals surface area contributed by atoms with Gasteiger partial charge in [0.05, 0.1) is 4.90 Å². The molecule has 0 aliphatic rings. The van der Waals surface area contributed by atoms with Gasteiger partial charge in [0, 0.05) is 0 Å². The van der Waals surface area contributed by atoms with Gasteiger partial charge in [-0.2, -0.15) is 8.42 Å². The van der Waals surface area contributed by atoms with Crippen molar-refractivity contribution >= 4 is 20.9 Å². The molecule has 40 heavy (non-hydrogen) atoms. The monoisotopic (exact) mass is 572 g/mol. The number of benzene rings is 2. The first kappa shape index (κ1) is 34.8. The first-order valence-corrected chi connectivity index (χ1v) is 18.4. The SMILES string of the molecule is CCCCCCCCCCCCCc1ccc2cc(S(=O)(=O)O)ccc2c1CCCCCCCCCCCCC. The molecule has 0 bridgehead atoms. The van der Waals surface area contributed by atoms with Gasteiger partial charge in [0.1, 0.15) is 0 Å². The van der Waals surface area contributed by atoms with Gasteiger partial charge in [-0.3, -0.25) is 4.55 Å². The van der Waals surface area contributed by atoms with Crippen LogP contribution in [0.3, 0.4) is 0 Å². The molecule has 0 aliphatic heterocycles. The van der Waals surface area contributed by atoms with Crippen LogP contribution in [0, 0.1) is 0 Å². The molecule has 1 N–H and O–H groups in total. The molecule has 0 saturated carbocycles. The molecule has 2 aromatic carbocycles. The Hall–Kier alpha value is -1.39. The summed E-state index contributed by atoms with van der Waals surface area (Å²) < 4.78 is 32.9. The van der Waals surface area contributed by atoms with E-state index in [-0.39, 0.29) is 4.90 Å². The second-order valence-corrected chi connectivity index (χ2v) is 13.6. The van der Waals surface area contributed by atoms with Gasteiger partial charge in [0.25, 0.3) is 10.1 Å². The average Bonchev–Trinajstić information content (AvgIpc) is 2.94. The highest BCUT2D eigenvalue weighted by Crippen LogP contribution is 2.28. The summed E-state index contributed by atoms with van der Waals surface area (Å²) in [6.45, 7) is 4.55.